The van der Waals surface area contributed by atoms with Crippen LogP contribution in [0.2, 0.25) is 0 Å². The standard InChI is InChI=1S/C12H15I2NO2S/c1-10-3-5-11(6-4-10)18(16,17)15-8-2-7-12(13,14)9-15/h3-6H,2,7-9H2,1H3. The minimum absolute atomic E-state index is 0.0194. The van der Waals surface area contributed by atoms with E-state index in [-0.39, 0.29) is 1.43 Å². The molecule has 0 bridgehead atoms. The summed E-state index contributed by atoms with van der Waals surface area (Å²) in [4.78, 5) is 0.401. The Bertz CT molecular complexity index is 526. The van der Waals surface area contributed by atoms with Gasteiger partial charge in [-0.15, -0.1) is 0 Å². The summed E-state index contributed by atoms with van der Waals surface area (Å²) in [5.74, 6) is 0. The second-order valence-electron chi connectivity index (χ2n) is 4.61. The molecule has 1 aromatic rings. The molecule has 6 heteroatoms. The topological polar surface area (TPSA) is 37.4 Å². The molecule has 0 N–H and O–H groups in total. The molecule has 0 saturated carbocycles. The molecule has 1 saturated heterocycles. The van der Waals surface area contributed by atoms with Crippen molar-refractivity contribution in [3.63, 3.8) is 0 Å². The molecular formula is C12H15I2NO2S. The summed E-state index contributed by atoms with van der Waals surface area (Å²) in [5, 5.41) is 0. The van der Waals surface area contributed by atoms with Gasteiger partial charge in [0.2, 0.25) is 10.0 Å². The lowest BCUT2D eigenvalue weighted by Crippen LogP contribution is -2.43. The lowest BCUT2D eigenvalue weighted by molar-refractivity contribution is 0.353. The van der Waals surface area contributed by atoms with E-state index in [1.54, 1.807) is 16.4 Å². The van der Waals surface area contributed by atoms with E-state index in [9.17, 15) is 8.42 Å². The summed E-state index contributed by atoms with van der Waals surface area (Å²) in [6, 6.07) is 7.08. The van der Waals surface area contributed by atoms with Crippen LogP contribution in [0.15, 0.2) is 29.2 Å². The lowest BCUT2D eigenvalue weighted by Gasteiger charge is -2.34. The second-order valence-corrected chi connectivity index (χ2v) is 12.7. The average Bonchev–Trinajstić information content (AvgIpc) is 2.28. The molecule has 1 aliphatic rings. The Labute approximate surface area is 136 Å². The van der Waals surface area contributed by atoms with Crippen molar-refractivity contribution in [3.05, 3.63) is 29.8 Å². The maximum atomic E-state index is 12.5. The highest BCUT2D eigenvalue weighted by Crippen LogP contribution is 2.38. The Hall–Kier alpha value is 0.590. The second kappa shape index (κ2) is 5.53. The van der Waals surface area contributed by atoms with Crippen LogP contribution in [0.1, 0.15) is 18.4 Å². The average molecular weight is 491 g/mol. The highest BCUT2D eigenvalue weighted by atomic mass is 127. The number of halogens is 2. The number of nitrogens with zero attached hydrogens (tertiary/aromatic N) is 1. The van der Waals surface area contributed by atoms with Gasteiger partial charge in [0.25, 0.3) is 0 Å². The van der Waals surface area contributed by atoms with E-state index < -0.39 is 10.0 Å². The molecule has 1 heterocycles. The van der Waals surface area contributed by atoms with E-state index in [0.29, 0.717) is 18.0 Å². The zero-order valence-electron chi connectivity index (χ0n) is 10.1. The number of piperidine rings is 1. The van der Waals surface area contributed by atoms with E-state index in [1.165, 1.54) is 0 Å². The minimum atomic E-state index is -3.33. The zero-order valence-corrected chi connectivity index (χ0v) is 15.2. The predicted octanol–water partition coefficient (Wildman–Crippen LogP) is 3.35. The third-order valence-electron chi connectivity index (χ3n) is 3.02. The van der Waals surface area contributed by atoms with Crippen LogP contribution in [0.3, 0.4) is 0 Å². The largest absolute Gasteiger partial charge is 0.243 e. The molecule has 0 spiro atoms. The Morgan fingerprint density at radius 1 is 1.22 bits per heavy atom. The number of rotatable bonds is 2. The smallest absolute Gasteiger partial charge is 0.207 e. The number of hydrogen-bond acceptors (Lipinski definition) is 2. The van der Waals surface area contributed by atoms with Crippen LogP contribution < -0.4 is 0 Å². The van der Waals surface area contributed by atoms with E-state index in [2.05, 4.69) is 45.2 Å². The molecule has 2 rings (SSSR count). The summed E-state index contributed by atoms with van der Waals surface area (Å²) in [6.45, 7) is 3.17. The van der Waals surface area contributed by atoms with E-state index in [1.807, 2.05) is 19.1 Å². The van der Waals surface area contributed by atoms with Crippen molar-refractivity contribution in [2.75, 3.05) is 13.1 Å². The molecule has 18 heavy (non-hydrogen) atoms. The molecule has 0 aliphatic carbocycles. The first-order valence-electron chi connectivity index (χ1n) is 5.76. The number of aryl methyl sites for hydroxylation is 1. The van der Waals surface area contributed by atoms with Gasteiger partial charge in [0.1, 0.15) is 0 Å². The van der Waals surface area contributed by atoms with Gasteiger partial charge in [0, 0.05) is 13.1 Å². The number of benzene rings is 1. The van der Waals surface area contributed by atoms with Gasteiger partial charge in [0.15, 0.2) is 0 Å². The third kappa shape index (κ3) is 3.37. The van der Waals surface area contributed by atoms with Crippen molar-refractivity contribution in [2.45, 2.75) is 26.1 Å². The van der Waals surface area contributed by atoms with Crippen LogP contribution in [-0.2, 0) is 10.0 Å². The van der Waals surface area contributed by atoms with Gasteiger partial charge in [-0.3, -0.25) is 0 Å². The summed E-state index contributed by atoms with van der Waals surface area (Å²) in [7, 11) is -3.33. The Morgan fingerprint density at radius 2 is 1.83 bits per heavy atom. The van der Waals surface area contributed by atoms with Crippen LogP contribution >= 0.6 is 45.2 Å². The monoisotopic (exact) mass is 491 g/mol. The molecule has 3 nitrogen and oxygen atoms in total. The van der Waals surface area contributed by atoms with Gasteiger partial charge >= 0.3 is 0 Å². The predicted molar refractivity (Wildman–Crippen MR) is 89.9 cm³/mol. The third-order valence-corrected chi connectivity index (χ3v) is 6.64. The van der Waals surface area contributed by atoms with E-state index in [0.717, 1.165) is 18.4 Å². The molecule has 0 unspecified atom stereocenters. The number of sulfonamides is 1. The summed E-state index contributed by atoms with van der Waals surface area (Å²) in [5.41, 5.74) is 1.07. The quantitative estimate of drug-likeness (QED) is 0.471. The van der Waals surface area contributed by atoms with Crippen molar-refractivity contribution in [1.29, 1.82) is 0 Å². The van der Waals surface area contributed by atoms with Crippen molar-refractivity contribution in [1.82, 2.24) is 4.31 Å². The van der Waals surface area contributed by atoms with Gasteiger partial charge in [-0.25, -0.2) is 8.42 Å². The SMILES string of the molecule is Cc1ccc(S(=O)(=O)N2CCCC(I)(I)C2)cc1. The van der Waals surface area contributed by atoms with Gasteiger partial charge < -0.3 is 0 Å². The first kappa shape index (κ1) is 15.0. The molecule has 1 fully saturated rings. The molecule has 0 aromatic heterocycles. The van der Waals surface area contributed by atoms with Gasteiger partial charge in [-0.05, 0) is 31.9 Å². The van der Waals surface area contributed by atoms with Crippen LogP contribution in [0, 0.1) is 6.92 Å². The van der Waals surface area contributed by atoms with Gasteiger partial charge in [0.05, 0.1) is 6.32 Å². The van der Waals surface area contributed by atoms with Crippen molar-refractivity contribution >= 4 is 55.2 Å². The minimum Gasteiger partial charge on any atom is -0.207 e. The summed E-state index contributed by atoms with van der Waals surface area (Å²) >= 11 is 4.70. The normalized spacial score (nSPS) is 20.8. The van der Waals surface area contributed by atoms with E-state index in [4.69, 9.17) is 0 Å². The lowest BCUT2D eigenvalue weighted by atomic mass is 10.2. The molecule has 1 aliphatic heterocycles. The zero-order chi connectivity index (χ0) is 13.4. The first-order chi connectivity index (χ1) is 8.31. The molecule has 100 valence electrons. The summed E-state index contributed by atoms with van der Waals surface area (Å²) in [6.07, 6.45) is 1.99. The fourth-order valence-corrected chi connectivity index (χ4v) is 5.58. The molecular weight excluding hydrogens is 476 g/mol. The van der Waals surface area contributed by atoms with Crippen molar-refractivity contribution in [3.8, 4) is 0 Å². The maximum Gasteiger partial charge on any atom is 0.243 e. The molecule has 0 radical (unpaired) electrons. The number of hydrogen-bond donors (Lipinski definition) is 0. The van der Waals surface area contributed by atoms with Crippen LogP contribution in [0.5, 0.6) is 0 Å². The highest BCUT2D eigenvalue weighted by Gasteiger charge is 2.36. The van der Waals surface area contributed by atoms with Crippen molar-refractivity contribution in [2.24, 2.45) is 0 Å². The fourth-order valence-electron chi connectivity index (χ4n) is 1.99. The molecule has 0 amide bonds. The van der Waals surface area contributed by atoms with Gasteiger partial charge in [-0.2, -0.15) is 4.31 Å². The number of alkyl halides is 2. The fraction of sp³-hybridized carbons (Fsp3) is 0.500. The highest BCUT2D eigenvalue weighted by molar-refractivity contribution is 14.2. The molecule has 0 atom stereocenters. The van der Waals surface area contributed by atoms with Gasteiger partial charge in [-0.1, -0.05) is 62.9 Å². The van der Waals surface area contributed by atoms with E-state index >= 15 is 0 Å². The molecule has 1 aromatic carbocycles. The maximum absolute atomic E-state index is 12.5. The summed E-state index contributed by atoms with van der Waals surface area (Å²) < 4.78 is 26.6. The van der Waals surface area contributed by atoms with Crippen LogP contribution in [0.4, 0.5) is 0 Å². The van der Waals surface area contributed by atoms with Crippen molar-refractivity contribution < 1.29 is 8.42 Å². The first-order valence-corrected chi connectivity index (χ1v) is 9.36. The Kier molecular flexibility index (Phi) is 4.60. The van der Waals surface area contributed by atoms with Crippen LogP contribution in [-0.4, -0.2) is 27.2 Å². The van der Waals surface area contributed by atoms with Crippen LogP contribution in [0.25, 0.3) is 0 Å². The Morgan fingerprint density at radius 3 is 2.39 bits per heavy atom. The Balaban J connectivity index is 2.28.